The molecule has 13 atom stereocenters. The number of aromatic nitrogens is 4. The van der Waals surface area contributed by atoms with Crippen LogP contribution in [-0.4, -0.2) is 146 Å². The molecule has 3 aliphatic rings. The molecule has 5 heterocycles. The van der Waals surface area contributed by atoms with E-state index in [2.05, 4.69) is 20.2 Å². The van der Waals surface area contributed by atoms with Gasteiger partial charge in [-0.2, -0.15) is 0 Å². The fourth-order valence-corrected chi connectivity index (χ4v) is 9.05. The summed E-state index contributed by atoms with van der Waals surface area (Å²) in [7, 11) is 3.43. The van der Waals surface area contributed by atoms with Gasteiger partial charge in [-0.25, -0.2) is 19.0 Å². The van der Waals surface area contributed by atoms with Crippen LogP contribution >= 0.6 is 11.3 Å². The number of methoxy groups -OCH3 is 1. The van der Waals surface area contributed by atoms with E-state index in [9.17, 15) is 19.5 Å². The zero-order chi connectivity index (χ0) is 41.1. The molecule has 314 valence electrons. The summed E-state index contributed by atoms with van der Waals surface area (Å²) in [6.45, 7) is 13.1. The summed E-state index contributed by atoms with van der Waals surface area (Å²) in [5.41, 5.74) is 2.55. The summed E-state index contributed by atoms with van der Waals surface area (Å²) >= 11 is 1.48. The van der Waals surface area contributed by atoms with Crippen molar-refractivity contribution in [3.63, 3.8) is 0 Å². The van der Waals surface area contributed by atoms with Crippen LogP contribution in [0.25, 0.3) is 10.7 Å². The average molecular weight is 810 g/mol. The van der Waals surface area contributed by atoms with Gasteiger partial charge in [-0.3, -0.25) is 14.4 Å². The second-order valence-corrected chi connectivity index (χ2v) is 17.1. The Kier molecular flexibility index (Phi) is 14.3. The third-order valence-corrected chi connectivity index (χ3v) is 12.5. The number of thiazole rings is 1. The Labute approximate surface area is 332 Å². The van der Waals surface area contributed by atoms with Gasteiger partial charge in [0.2, 0.25) is 0 Å². The first-order valence-corrected chi connectivity index (χ1v) is 20.5. The quantitative estimate of drug-likeness (QED) is 0.201. The lowest BCUT2D eigenvalue weighted by atomic mass is 9.77. The van der Waals surface area contributed by atoms with E-state index in [0.29, 0.717) is 51.0 Å². The third kappa shape index (κ3) is 9.42. The van der Waals surface area contributed by atoms with E-state index in [4.69, 9.17) is 29.4 Å². The lowest BCUT2D eigenvalue weighted by Gasteiger charge is -2.45. The van der Waals surface area contributed by atoms with Crippen molar-refractivity contribution >= 4 is 29.2 Å². The smallest absolute Gasteiger partial charge is 0.410 e. The molecular weight excluding hydrogens is 750 g/mol. The number of likely N-dealkylation sites (N-methyl/N-ethyl adjacent to an activating group) is 1. The SMILES string of the molecule is CC[C@H]1OC(=O)[C@](C)(F)C(=O)[C@@H](C)[C@@H](OC2O[C@H](C)CC(N)C2O)[C@](C)(OC)C[C@@H](C)CN(C)[C@H](C)[C@@H]2[C@@H]1OC(=O)N2CCCCn1cc(-c2nccs2)nn1. The van der Waals surface area contributed by atoms with Crippen LogP contribution in [0.3, 0.4) is 0 Å². The Morgan fingerprint density at radius 3 is 2.50 bits per heavy atom. The molecule has 0 radical (unpaired) electrons. The van der Waals surface area contributed by atoms with E-state index < -0.39 is 77.8 Å². The van der Waals surface area contributed by atoms with Crippen LogP contribution in [0.15, 0.2) is 17.8 Å². The van der Waals surface area contributed by atoms with Gasteiger partial charge in [0, 0.05) is 56.3 Å². The maximum absolute atomic E-state index is 16.8. The maximum Gasteiger partial charge on any atom is 0.410 e. The molecule has 56 heavy (non-hydrogen) atoms. The largest absolute Gasteiger partial charge is 0.456 e. The molecule has 0 bridgehead atoms. The van der Waals surface area contributed by atoms with Crippen molar-refractivity contribution in [2.24, 2.45) is 17.6 Å². The summed E-state index contributed by atoms with van der Waals surface area (Å²) in [6, 6.07) is -1.54. The van der Waals surface area contributed by atoms with E-state index in [1.165, 1.54) is 25.4 Å². The normalized spacial score (nSPS) is 38.1. The average Bonchev–Trinajstić information content (AvgIpc) is 3.92. The number of aryl methyl sites for hydroxylation is 1. The Hall–Kier alpha value is -3.13. The van der Waals surface area contributed by atoms with Crippen LogP contribution in [0.2, 0.25) is 0 Å². The second kappa shape index (κ2) is 18.2. The van der Waals surface area contributed by atoms with Gasteiger partial charge < -0.3 is 39.4 Å². The number of ketones is 1. The highest BCUT2D eigenvalue weighted by Gasteiger charge is 2.56. The van der Waals surface area contributed by atoms with Crippen molar-refractivity contribution in [3.05, 3.63) is 17.8 Å². The number of aliphatic hydroxyl groups excluding tert-OH is 1. The van der Waals surface area contributed by atoms with Gasteiger partial charge in [0.15, 0.2) is 18.2 Å². The first kappa shape index (κ1) is 44.0. The van der Waals surface area contributed by atoms with E-state index in [0.717, 1.165) is 11.9 Å². The van der Waals surface area contributed by atoms with Crippen molar-refractivity contribution in [2.45, 2.75) is 153 Å². The van der Waals surface area contributed by atoms with E-state index >= 15 is 4.39 Å². The molecule has 0 aliphatic carbocycles. The number of amides is 1. The summed E-state index contributed by atoms with van der Waals surface area (Å²) in [5.74, 6) is -3.85. The molecule has 2 aromatic rings. The molecule has 5 rings (SSSR count). The van der Waals surface area contributed by atoms with Crippen LogP contribution in [0.1, 0.15) is 80.6 Å². The van der Waals surface area contributed by atoms with Crippen LogP contribution in [0, 0.1) is 11.8 Å². The maximum atomic E-state index is 16.8. The number of ether oxygens (including phenoxy) is 5. The summed E-state index contributed by atoms with van der Waals surface area (Å²) in [5, 5.41) is 22.1. The molecular formula is C38H60FN7O9S. The van der Waals surface area contributed by atoms with Crippen LogP contribution < -0.4 is 5.73 Å². The number of Topliss-reactive ketones (excluding diaryl/α,β-unsaturated/α-hetero) is 1. The number of alkyl halides is 1. The Morgan fingerprint density at radius 2 is 1.84 bits per heavy atom. The predicted molar refractivity (Wildman–Crippen MR) is 204 cm³/mol. The van der Waals surface area contributed by atoms with Crippen molar-refractivity contribution < 1.29 is 47.6 Å². The number of unbranched alkanes of at least 4 members (excludes halogenated alkanes) is 1. The number of esters is 1. The minimum absolute atomic E-state index is 0.0946. The van der Waals surface area contributed by atoms with Gasteiger partial charge >= 0.3 is 12.1 Å². The van der Waals surface area contributed by atoms with Gasteiger partial charge in [-0.1, -0.05) is 26.0 Å². The number of carbonyl (C=O) groups excluding carboxylic acids is 3. The van der Waals surface area contributed by atoms with Crippen molar-refractivity contribution in [1.82, 2.24) is 29.8 Å². The number of halogens is 1. The van der Waals surface area contributed by atoms with Gasteiger partial charge in [0.1, 0.15) is 22.9 Å². The molecule has 16 nitrogen and oxygen atoms in total. The minimum atomic E-state index is -3.12. The molecule has 3 aliphatic heterocycles. The number of fused-ring (bicyclic) bond motifs is 1. The number of hydrogen-bond acceptors (Lipinski definition) is 15. The summed E-state index contributed by atoms with van der Waals surface area (Å²) < 4.78 is 48.7. The first-order valence-electron chi connectivity index (χ1n) is 19.6. The van der Waals surface area contributed by atoms with E-state index in [1.54, 1.807) is 36.5 Å². The molecule has 18 heteroatoms. The van der Waals surface area contributed by atoms with Gasteiger partial charge in [0.05, 0.1) is 30.0 Å². The standard InChI is InChI=1S/C38H60FN7O9S/c1-10-27-30-28(46(36(50)54-30)15-12-11-14-45-20-26(42-43-45)33-41-13-16-56-33)24(5)44(8)19-21(2)18-37(6,51-9)32(23(4)31(48)38(7,39)35(49)53-27)55-34-29(47)25(40)17-22(3)52-34/h13,16,20-25,27-30,32,34,47H,10-12,14-15,17-19,40H2,1-9H3/t21-,22-,23-,24-,25?,27-,28-,29?,30-,32-,34?,37-,38-/m1/s1. The van der Waals surface area contributed by atoms with Crippen LogP contribution in [0.4, 0.5) is 9.18 Å². The molecule has 2 aromatic heterocycles. The second-order valence-electron chi connectivity index (χ2n) is 16.2. The zero-order valence-corrected chi connectivity index (χ0v) is 34.8. The van der Waals surface area contributed by atoms with Gasteiger partial charge in [0.25, 0.3) is 5.67 Å². The fourth-order valence-electron chi connectivity index (χ4n) is 8.46. The molecule has 3 N–H and O–H groups in total. The number of hydrogen-bond donors (Lipinski definition) is 2. The van der Waals surface area contributed by atoms with Gasteiger partial charge in [-0.05, 0) is 72.8 Å². The highest BCUT2D eigenvalue weighted by atomic mass is 32.1. The number of nitrogens with two attached hydrogens (primary N) is 1. The summed E-state index contributed by atoms with van der Waals surface area (Å²) in [6.07, 6.45) is -0.777. The van der Waals surface area contributed by atoms with E-state index in [1.807, 2.05) is 32.5 Å². The van der Waals surface area contributed by atoms with Crippen molar-refractivity contribution in [2.75, 3.05) is 27.2 Å². The van der Waals surface area contributed by atoms with Crippen molar-refractivity contribution in [3.8, 4) is 10.7 Å². The minimum Gasteiger partial charge on any atom is -0.456 e. The third-order valence-electron chi connectivity index (χ3n) is 11.7. The molecule has 3 saturated heterocycles. The molecule has 0 saturated carbocycles. The Bertz CT molecular complexity index is 1630. The van der Waals surface area contributed by atoms with E-state index in [-0.39, 0.29) is 24.5 Å². The first-order chi connectivity index (χ1) is 26.4. The molecule has 3 unspecified atom stereocenters. The summed E-state index contributed by atoms with van der Waals surface area (Å²) in [4.78, 5) is 49.6. The van der Waals surface area contributed by atoms with Crippen LogP contribution in [0.5, 0.6) is 0 Å². The Balaban J connectivity index is 1.41. The number of nitrogens with zero attached hydrogens (tertiary/aromatic N) is 6. The predicted octanol–water partition coefficient (Wildman–Crippen LogP) is 3.60. The lowest BCUT2D eigenvalue weighted by Crippen LogP contribution is -2.59. The molecule has 0 spiro atoms. The van der Waals surface area contributed by atoms with Crippen molar-refractivity contribution in [1.29, 1.82) is 0 Å². The highest BCUT2D eigenvalue weighted by Crippen LogP contribution is 2.38. The molecule has 1 amide bonds. The highest BCUT2D eigenvalue weighted by molar-refractivity contribution is 7.13. The monoisotopic (exact) mass is 809 g/mol. The fraction of sp³-hybridized carbons (Fsp3) is 0.789. The number of aliphatic hydroxyl groups is 1. The Morgan fingerprint density at radius 1 is 1.12 bits per heavy atom. The van der Waals surface area contributed by atoms with Gasteiger partial charge in [-0.15, -0.1) is 16.4 Å². The molecule has 3 fully saturated rings. The number of carbonyl (C=O) groups is 3. The molecule has 0 aromatic carbocycles. The zero-order valence-electron chi connectivity index (χ0n) is 34.0. The number of cyclic esters (lactones) is 1. The van der Waals surface area contributed by atoms with Crippen LogP contribution in [-0.2, 0) is 39.8 Å². The lowest BCUT2D eigenvalue weighted by molar-refractivity contribution is -0.289. The number of rotatable bonds is 10. The topological polar surface area (TPSA) is 194 Å².